The molecule has 0 bridgehead atoms. The quantitative estimate of drug-likeness (QED) is 0.372. The molecule has 1 aliphatic rings. The zero-order chi connectivity index (χ0) is 17.6. The number of rotatable bonds is 2. The summed E-state index contributed by atoms with van der Waals surface area (Å²) in [7, 11) is 0. The van der Waals surface area contributed by atoms with E-state index in [1.165, 1.54) is 0 Å². The van der Waals surface area contributed by atoms with Gasteiger partial charge >= 0.3 is 0 Å². The average molecular weight is 388 g/mol. The molecule has 1 aromatic heterocycles. The van der Waals surface area contributed by atoms with Gasteiger partial charge in [0, 0.05) is 21.3 Å². The SMILES string of the molecule is C=C1C(=O)N(C(C)c2c(Br)c3ccccc3c[n+]2O)C(=O)C1=CC. The number of halogens is 1. The number of carbonyl (C=O) groups excluding carboxylic acids is 2. The van der Waals surface area contributed by atoms with E-state index in [0.29, 0.717) is 15.7 Å². The Hall–Kier alpha value is -2.47. The maximum absolute atomic E-state index is 12.5. The Balaban J connectivity index is 2.16. The lowest BCUT2D eigenvalue weighted by Gasteiger charge is -2.20. The fourth-order valence-electron chi connectivity index (χ4n) is 3.01. The lowest BCUT2D eigenvalue weighted by molar-refractivity contribution is -0.910. The van der Waals surface area contributed by atoms with Crippen LogP contribution in [0.15, 0.2) is 58.7 Å². The van der Waals surface area contributed by atoms with E-state index in [9.17, 15) is 14.8 Å². The number of allylic oxidation sites excluding steroid dienone is 1. The van der Waals surface area contributed by atoms with E-state index >= 15 is 0 Å². The second kappa shape index (κ2) is 5.87. The fraction of sp³-hybridized carbons (Fsp3) is 0.167. The van der Waals surface area contributed by atoms with E-state index in [2.05, 4.69) is 22.5 Å². The summed E-state index contributed by atoms with van der Waals surface area (Å²) < 4.78 is 1.59. The van der Waals surface area contributed by atoms with Crippen molar-refractivity contribution in [2.75, 3.05) is 0 Å². The number of amides is 2. The Morgan fingerprint density at radius 2 is 1.96 bits per heavy atom. The fourth-order valence-corrected chi connectivity index (χ4v) is 3.88. The Labute approximate surface area is 147 Å². The van der Waals surface area contributed by atoms with Crippen LogP contribution >= 0.6 is 15.9 Å². The molecule has 0 saturated carbocycles. The van der Waals surface area contributed by atoms with Crippen molar-refractivity contribution in [3.05, 3.63) is 64.4 Å². The molecule has 1 aliphatic heterocycles. The summed E-state index contributed by atoms with van der Waals surface area (Å²) in [6, 6.07) is 6.86. The van der Waals surface area contributed by atoms with Crippen LogP contribution in [-0.4, -0.2) is 21.9 Å². The summed E-state index contributed by atoms with van der Waals surface area (Å²) in [5.74, 6) is -0.847. The van der Waals surface area contributed by atoms with Crippen LogP contribution in [0, 0.1) is 0 Å². The molecule has 1 N–H and O–H groups in total. The molecule has 1 aromatic carbocycles. The topological polar surface area (TPSA) is 61.5 Å². The molecule has 2 amide bonds. The van der Waals surface area contributed by atoms with Crippen molar-refractivity contribution in [2.45, 2.75) is 19.9 Å². The third-order valence-corrected chi connectivity index (χ3v) is 5.09. The van der Waals surface area contributed by atoms with Crippen LogP contribution in [0.3, 0.4) is 0 Å². The lowest BCUT2D eigenvalue weighted by atomic mass is 10.1. The van der Waals surface area contributed by atoms with Crippen molar-refractivity contribution >= 4 is 38.5 Å². The van der Waals surface area contributed by atoms with Gasteiger partial charge in [-0.2, -0.15) is 0 Å². The first-order valence-corrected chi connectivity index (χ1v) is 8.23. The van der Waals surface area contributed by atoms with Crippen LogP contribution in [0.2, 0.25) is 0 Å². The molecule has 0 aliphatic carbocycles. The van der Waals surface area contributed by atoms with Crippen molar-refractivity contribution in [3.63, 3.8) is 0 Å². The van der Waals surface area contributed by atoms with Crippen LogP contribution in [-0.2, 0) is 9.59 Å². The molecule has 3 rings (SSSR count). The van der Waals surface area contributed by atoms with Gasteiger partial charge in [-0.3, -0.25) is 19.7 Å². The largest absolute Gasteiger partial charge is 0.285 e. The molecule has 5 nitrogen and oxygen atoms in total. The van der Waals surface area contributed by atoms with Gasteiger partial charge in [0.15, 0.2) is 0 Å². The van der Waals surface area contributed by atoms with E-state index in [1.807, 2.05) is 24.3 Å². The van der Waals surface area contributed by atoms with Crippen LogP contribution in [0.25, 0.3) is 10.8 Å². The predicted octanol–water partition coefficient (Wildman–Crippen LogP) is 3.06. The van der Waals surface area contributed by atoms with Crippen molar-refractivity contribution in [1.82, 2.24) is 4.90 Å². The zero-order valence-electron chi connectivity index (χ0n) is 13.3. The molecule has 122 valence electrons. The van der Waals surface area contributed by atoms with Crippen LogP contribution in [0.4, 0.5) is 0 Å². The van der Waals surface area contributed by atoms with Gasteiger partial charge in [-0.1, -0.05) is 30.9 Å². The molecule has 1 saturated heterocycles. The van der Waals surface area contributed by atoms with Crippen molar-refractivity contribution in [1.29, 1.82) is 0 Å². The standard InChI is InChI=1S/C18H16BrN2O3/c1-4-13-10(2)17(22)21(18(13)23)11(3)16-15(19)14-8-6-5-7-12(14)9-20(16)24/h4-9,11,24H,2H2,1,3H3/q+1. The number of hydrogen-bond donors (Lipinski definition) is 1. The average Bonchev–Trinajstić information content (AvgIpc) is 2.76. The van der Waals surface area contributed by atoms with Crippen LogP contribution < -0.4 is 4.73 Å². The Morgan fingerprint density at radius 1 is 1.29 bits per heavy atom. The molecule has 2 heterocycles. The highest BCUT2D eigenvalue weighted by atomic mass is 79.9. The van der Waals surface area contributed by atoms with Gasteiger partial charge in [-0.15, -0.1) is 0 Å². The number of imide groups is 1. The Morgan fingerprint density at radius 3 is 2.58 bits per heavy atom. The van der Waals surface area contributed by atoms with Crippen molar-refractivity contribution in [3.8, 4) is 0 Å². The molecule has 1 atom stereocenters. The first-order valence-electron chi connectivity index (χ1n) is 7.44. The van der Waals surface area contributed by atoms with Gasteiger partial charge in [0.1, 0.15) is 6.04 Å². The third kappa shape index (κ3) is 2.26. The summed E-state index contributed by atoms with van der Waals surface area (Å²) in [6.45, 7) is 7.09. The maximum atomic E-state index is 12.5. The number of pyridine rings is 1. The Bertz CT molecular complexity index is 933. The minimum absolute atomic E-state index is 0.177. The second-order valence-corrected chi connectivity index (χ2v) is 6.39. The maximum Gasteiger partial charge on any atom is 0.271 e. The summed E-state index contributed by atoms with van der Waals surface area (Å²) >= 11 is 3.50. The number of likely N-dealkylation sites (tertiary alicyclic amines) is 1. The number of hydrogen-bond acceptors (Lipinski definition) is 3. The summed E-state index contributed by atoms with van der Waals surface area (Å²) in [6.07, 6.45) is 3.14. The molecule has 1 fully saturated rings. The molecular weight excluding hydrogens is 372 g/mol. The number of nitrogens with zero attached hydrogens (tertiary/aromatic N) is 2. The summed E-state index contributed by atoms with van der Waals surface area (Å²) in [4.78, 5) is 26.1. The minimum Gasteiger partial charge on any atom is -0.285 e. The smallest absolute Gasteiger partial charge is 0.271 e. The van der Waals surface area contributed by atoms with Gasteiger partial charge in [0.25, 0.3) is 17.5 Å². The highest BCUT2D eigenvalue weighted by Gasteiger charge is 2.44. The monoisotopic (exact) mass is 387 g/mol. The van der Waals surface area contributed by atoms with E-state index in [-0.39, 0.29) is 5.57 Å². The number of aromatic nitrogens is 1. The summed E-state index contributed by atoms with van der Waals surface area (Å²) in [5, 5.41) is 12.1. The Kier molecular flexibility index (Phi) is 4.01. The molecule has 0 radical (unpaired) electrons. The van der Waals surface area contributed by atoms with Gasteiger partial charge in [0.2, 0.25) is 6.20 Å². The number of benzene rings is 1. The minimum atomic E-state index is -0.664. The van der Waals surface area contributed by atoms with Gasteiger partial charge < -0.3 is 0 Å². The van der Waals surface area contributed by atoms with E-state index in [0.717, 1.165) is 20.4 Å². The van der Waals surface area contributed by atoms with Crippen molar-refractivity contribution < 1.29 is 19.5 Å². The van der Waals surface area contributed by atoms with Crippen molar-refractivity contribution in [2.24, 2.45) is 0 Å². The molecule has 0 spiro atoms. The predicted molar refractivity (Wildman–Crippen MR) is 92.2 cm³/mol. The van der Waals surface area contributed by atoms with Crippen LogP contribution in [0.5, 0.6) is 0 Å². The molecule has 6 heteroatoms. The van der Waals surface area contributed by atoms with E-state index < -0.39 is 17.9 Å². The van der Waals surface area contributed by atoms with Gasteiger partial charge in [-0.25, -0.2) is 0 Å². The highest BCUT2D eigenvalue weighted by molar-refractivity contribution is 9.10. The number of fused-ring (bicyclic) bond motifs is 1. The highest BCUT2D eigenvalue weighted by Crippen LogP contribution is 2.35. The van der Waals surface area contributed by atoms with E-state index in [1.54, 1.807) is 26.1 Å². The molecule has 2 aromatic rings. The number of carbonyl (C=O) groups is 2. The van der Waals surface area contributed by atoms with Gasteiger partial charge in [0.05, 0.1) is 9.86 Å². The second-order valence-electron chi connectivity index (χ2n) is 5.60. The lowest BCUT2D eigenvalue weighted by Crippen LogP contribution is -2.43. The molecular formula is C18H16BrN2O3+. The third-order valence-electron chi connectivity index (χ3n) is 4.25. The van der Waals surface area contributed by atoms with Gasteiger partial charge in [-0.05, 0) is 35.8 Å². The molecule has 24 heavy (non-hydrogen) atoms. The first kappa shape index (κ1) is 16.4. The molecule has 1 unspecified atom stereocenters. The summed E-state index contributed by atoms with van der Waals surface area (Å²) in [5.41, 5.74) is 0.893. The van der Waals surface area contributed by atoms with Crippen LogP contribution in [0.1, 0.15) is 25.6 Å². The normalized spacial score (nSPS) is 18.0. The zero-order valence-corrected chi connectivity index (χ0v) is 14.9. The van der Waals surface area contributed by atoms with E-state index in [4.69, 9.17) is 0 Å². The first-order chi connectivity index (χ1) is 11.4.